The van der Waals surface area contributed by atoms with Crippen molar-refractivity contribution in [3.63, 3.8) is 0 Å². The number of nitrogens with zero attached hydrogens (tertiary/aromatic N) is 3. The van der Waals surface area contributed by atoms with Crippen LogP contribution >= 0.6 is 0 Å². The molecule has 0 amide bonds. The number of piperidine rings is 1. The van der Waals surface area contributed by atoms with E-state index in [-0.39, 0.29) is 5.97 Å². The molecule has 0 spiro atoms. The fourth-order valence-corrected chi connectivity index (χ4v) is 3.24. The maximum Gasteiger partial charge on any atom is 0.337 e. The summed E-state index contributed by atoms with van der Waals surface area (Å²) in [6, 6.07) is 4.25. The summed E-state index contributed by atoms with van der Waals surface area (Å²) in [5.74, 6) is 1.28. The summed E-state index contributed by atoms with van der Waals surface area (Å²) in [6.45, 7) is 6.74. The molecule has 1 saturated heterocycles. The Labute approximate surface area is 130 Å². The predicted octanol–water partition coefficient (Wildman–Crippen LogP) is 2.71. The molecule has 0 aliphatic carbocycles. The molecule has 118 valence electrons. The Bertz CT molecular complexity index is 670. The van der Waals surface area contributed by atoms with Gasteiger partial charge in [-0.25, -0.2) is 9.78 Å². The quantitative estimate of drug-likeness (QED) is 0.818. The number of rotatable bonds is 3. The lowest BCUT2D eigenvalue weighted by Crippen LogP contribution is -2.38. The lowest BCUT2D eigenvalue weighted by molar-refractivity contribution is 0.0600. The molecule has 0 atom stereocenters. The highest BCUT2D eigenvalue weighted by atomic mass is 16.5. The average molecular weight is 301 g/mol. The van der Waals surface area contributed by atoms with Gasteiger partial charge in [0.2, 0.25) is 0 Å². The standard InChI is InChI=1S/C17H23N3O2/c1-12(2)19-7-4-13(5-8-19)16-18-11-15-10-14(17(21)22-3)6-9-20(15)16/h6,9-13H,4-5,7-8H2,1-3H3. The second kappa shape index (κ2) is 6.08. The second-order valence-electron chi connectivity index (χ2n) is 6.22. The Morgan fingerprint density at radius 1 is 1.36 bits per heavy atom. The number of fused-ring (bicyclic) bond motifs is 1. The molecule has 2 aromatic rings. The summed E-state index contributed by atoms with van der Waals surface area (Å²) in [7, 11) is 1.40. The van der Waals surface area contributed by atoms with Crippen molar-refractivity contribution < 1.29 is 9.53 Å². The molecule has 5 nitrogen and oxygen atoms in total. The van der Waals surface area contributed by atoms with E-state index in [1.807, 2.05) is 18.5 Å². The normalized spacial score (nSPS) is 17.3. The zero-order valence-corrected chi connectivity index (χ0v) is 13.5. The zero-order valence-electron chi connectivity index (χ0n) is 13.5. The fraction of sp³-hybridized carbons (Fsp3) is 0.529. The smallest absolute Gasteiger partial charge is 0.337 e. The molecule has 0 saturated carbocycles. The molecule has 5 heteroatoms. The molecule has 0 bridgehead atoms. The summed E-state index contributed by atoms with van der Waals surface area (Å²) in [4.78, 5) is 18.7. The van der Waals surface area contributed by atoms with Gasteiger partial charge in [0.1, 0.15) is 5.82 Å². The van der Waals surface area contributed by atoms with Crippen LogP contribution in [0.25, 0.3) is 5.52 Å². The van der Waals surface area contributed by atoms with Crippen LogP contribution in [-0.2, 0) is 4.74 Å². The van der Waals surface area contributed by atoms with Gasteiger partial charge in [-0.3, -0.25) is 0 Å². The van der Waals surface area contributed by atoms with Crippen molar-refractivity contribution in [2.75, 3.05) is 20.2 Å². The highest BCUT2D eigenvalue weighted by molar-refractivity contribution is 5.90. The topological polar surface area (TPSA) is 46.8 Å². The molecule has 3 heterocycles. The van der Waals surface area contributed by atoms with E-state index in [1.54, 1.807) is 6.07 Å². The first-order valence-corrected chi connectivity index (χ1v) is 7.89. The maximum atomic E-state index is 11.6. The summed E-state index contributed by atoms with van der Waals surface area (Å²) >= 11 is 0. The molecular formula is C17H23N3O2. The molecule has 22 heavy (non-hydrogen) atoms. The summed E-state index contributed by atoms with van der Waals surface area (Å²) in [6.07, 6.45) is 6.04. The van der Waals surface area contributed by atoms with E-state index < -0.39 is 0 Å². The minimum atomic E-state index is -0.310. The van der Waals surface area contributed by atoms with Crippen LogP contribution in [0.15, 0.2) is 24.5 Å². The lowest BCUT2D eigenvalue weighted by Gasteiger charge is -2.34. The Morgan fingerprint density at radius 3 is 2.73 bits per heavy atom. The Hall–Kier alpha value is -1.88. The average Bonchev–Trinajstić information content (AvgIpc) is 2.97. The van der Waals surface area contributed by atoms with Gasteiger partial charge in [0, 0.05) is 18.2 Å². The first kappa shape index (κ1) is 15.0. The maximum absolute atomic E-state index is 11.6. The van der Waals surface area contributed by atoms with Crippen molar-refractivity contribution in [1.82, 2.24) is 14.3 Å². The van der Waals surface area contributed by atoms with E-state index in [2.05, 4.69) is 28.1 Å². The molecule has 0 aromatic carbocycles. The third-order valence-corrected chi connectivity index (χ3v) is 4.61. The lowest BCUT2D eigenvalue weighted by atomic mass is 9.95. The van der Waals surface area contributed by atoms with E-state index in [4.69, 9.17) is 4.74 Å². The summed E-state index contributed by atoms with van der Waals surface area (Å²) < 4.78 is 6.87. The molecule has 1 fully saturated rings. The number of esters is 1. The molecular weight excluding hydrogens is 278 g/mol. The van der Waals surface area contributed by atoms with Gasteiger partial charge in [-0.2, -0.15) is 0 Å². The van der Waals surface area contributed by atoms with Crippen molar-refractivity contribution in [3.05, 3.63) is 35.9 Å². The first-order valence-electron chi connectivity index (χ1n) is 7.89. The minimum absolute atomic E-state index is 0.310. The largest absolute Gasteiger partial charge is 0.465 e. The number of likely N-dealkylation sites (tertiary alicyclic amines) is 1. The molecule has 0 unspecified atom stereocenters. The fourth-order valence-electron chi connectivity index (χ4n) is 3.24. The van der Waals surface area contributed by atoms with Crippen molar-refractivity contribution >= 4 is 11.5 Å². The monoisotopic (exact) mass is 301 g/mol. The summed E-state index contributed by atoms with van der Waals surface area (Å²) in [5.41, 5.74) is 1.51. The number of aromatic nitrogens is 2. The number of hydrogen-bond acceptors (Lipinski definition) is 4. The van der Waals surface area contributed by atoms with Crippen LogP contribution in [0.2, 0.25) is 0 Å². The number of methoxy groups -OCH3 is 1. The number of carbonyl (C=O) groups excluding carboxylic acids is 1. The van der Waals surface area contributed by atoms with Gasteiger partial charge in [-0.15, -0.1) is 0 Å². The van der Waals surface area contributed by atoms with Gasteiger partial charge in [0.05, 0.1) is 24.4 Å². The number of ether oxygens (including phenoxy) is 1. The van der Waals surface area contributed by atoms with Gasteiger partial charge in [-0.1, -0.05) is 0 Å². The zero-order chi connectivity index (χ0) is 15.7. The van der Waals surface area contributed by atoms with Crippen molar-refractivity contribution in [3.8, 4) is 0 Å². The van der Waals surface area contributed by atoms with E-state index in [0.717, 1.165) is 37.3 Å². The SMILES string of the molecule is COC(=O)c1ccn2c(C3CCN(C(C)C)CC3)ncc2c1. The Morgan fingerprint density at radius 2 is 2.09 bits per heavy atom. The minimum Gasteiger partial charge on any atom is -0.465 e. The van der Waals surface area contributed by atoms with Crippen LogP contribution in [0.1, 0.15) is 48.8 Å². The molecule has 3 rings (SSSR count). The van der Waals surface area contributed by atoms with Crippen molar-refractivity contribution in [2.24, 2.45) is 0 Å². The predicted molar refractivity (Wildman–Crippen MR) is 85.2 cm³/mol. The van der Waals surface area contributed by atoms with Crippen LogP contribution < -0.4 is 0 Å². The van der Waals surface area contributed by atoms with Crippen LogP contribution in [0.5, 0.6) is 0 Å². The van der Waals surface area contributed by atoms with E-state index in [1.165, 1.54) is 7.11 Å². The summed E-state index contributed by atoms with van der Waals surface area (Å²) in [5, 5.41) is 0. The molecule has 1 aliphatic heterocycles. The molecule has 2 aromatic heterocycles. The Balaban J connectivity index is 1.82. The van der Waals surface area contributed by atoms with Crippen LogP contribution in [-0.4, -0.2) is 46.5 Å². The third kappa shape index (κ3) is 2.73. The number of pyridine rings is 1. The van der Waals surface area contributed by atoms with Gasteiger partial charge in [0.15, 0.2) is 0 Å². The van der Waals surface area contributed by atoms with Gasteiger partial charge >= 0.3 is 5.97 Å². The van der Waals surface area contributed by atoms with Crippen LogP contribution in [0.3, 0.4) is 0 Å². The van der Waals surface area contributed by atoms with Crippen molar-refractivity contribution in [2.45, 2.75) is 38.6 Å². The van der Waals surface area contributed by atoms with Gasteiger partial charge < -0.3 is 14.0 Å². The van der Waals surface area contributed by atoms with Gasteiger partial charge in [-0.05, 0) is 51.9 Å². The highest BCUT2D eigenvalue weighted by Gasteiger charge is 2.25. The molecule has 1 aliphatic rings. The van der Waals surface area contributed by atoms with E-state index in [9.17, 15) is 4.79 Å². The number of imidazole rings is 1. The highest BCUT2D eigenvalue weighted by Crippen LogP contribution is 2.28. The Kier molecular flexibility index (Phi) is 4.16. The van der Waals surface area contributed by atoms with Crippen molar-refractivity contribution in [1.29, 1.82) is 0 Å². The second-order valence-corrected chi connectivity index (χ2v) is 6.22. The van der Waals surface area contributed by atoms with Crippen LogP contribution in [0, 0.1) is 0 Å². The van der Waals surface area contributed by atoms with Gasteiger partial charge in [0.25, 0.3) is 0 Å². The molecule has 0 radical (unpaired) electrons. The van der Waals surface area contributed by atoms with E-state index >= 15 is 0 Å². The van der Waals surface area contributed by atoms with Crippen LogP contribution in [0.4, 0.5) is 0 Å². The third-order valence-electron chi connectivity index (χ3n) is 4.61. The van der Waals surface area contributed by atoms with E-state index in [0.29, 0.717) is 17.5 Å². The first-order chi connectivity index (χ1) is 10.6. The number of carbonyl (C=O) groups is 1. The molecule has 0 N–H and O–H groups in total. The number of hydrogen-bond donors (Lipinski definition) is 0.